The molecule has 1 saturated heterocycles. The minimum atomic E-state index is -0.862. The summed E-state index contributed by atoms with van der Waals surface area (Å²) in [4.78, 5) is 20.7. The molecule has 0 aliphatic carbocycles. The third-order valence-electron chi connectivity index (χ3n) is 8.21. The topological polar surface area (TPSA) is 89.3 Å². The van der Waals surface area contributed by atoms with Gasteiger partial charge >= 0.3 is 5.97 Å². The molecule has 0 saturated carbocycles. The van der Waals surface area contributed by atoms with Crippen LogP contribution in [0, 0.1) is 0 Å². The van der Waals surface area contributed by atoms with E-state index in [2.05, 4.69) is 29.0 Å². The highest BCUT2D eigenvalue weighted by atomic mass is 35.5. The zero-order valence-corrected chi connectivity index (χ0v) is 26.7. The second kappa shape index (κ2) is 14.1. The number of aromatic nitrogens is 2. The Labute approximate surface area is 273 Å². The summed E-state index contributed by atoms with van der Waals surface area (Å²) in [6, 6.07) is 27.0. The zero-order chi connectivity index (χ0) is 32.0. The van der Waals surface area contributed by atoms with E-state index >= 15 is 0 Å². The van der Waals surface area contributed by atoms with Crippen LogP contribution in [0.1, 0.15) is 23.4 Å². The Kier molecular flexibility index (Phi) is 9.61. The number of imidazole rings is 1. The number of rotatable bonds is 12. The van der Waals surface area contributed by atoms with Crippen molar-refractivity contribution in [1.82, 2.24) is 14.5 Å². The molecule has 6 rings (SSSR count). The second-order valence-electron chi connectivity index (χ2n) is 11.5. The zero-order valence-electron chi connectivity index (χ0n) is 26.0. The molecule has 1 fully saturated rings. The maximum absolute atomic E-state index is 11.2. The van der Waals surface area contributed by atoms with Gasteiger partial charge in [-0.15, -0.1) is 0 Å². The summed E-state index contributed by atoms with van der Waals surface area (Å²) in [7, 11) is 4.12. The predicted molar refractivity (Wildman–Crippen MR) is 179 cm³/mol. The van der Waals surface area contributed by atoms with E-state index in [-0.39, 0.29) is 13.0 Å². The van der Waals surface area contributed by atoms with E-state index in [0.717, 1.165) is 65.7 Å². The van der Waals surface area contributed by atoms with E-state index in [1.165, 1.54) is 5.69 Å². The third-order valence-corrected chi connectivity index (χ3v) is 8.46. The molecule has 9 nitrogen and oxygen atoms in total. The summed E-state index contributed by atoms with van der Waals surface area (Å²) in [6.45, 7) is 4.74. The maximum atomic E-state index is 11.2. The van der Waals surface area contributed by atoms with Gasteiger partial charge in [0.15, 0.2) is 0 Å². The van der Waals surface area contributed by atoms with Crippen molar-refractivity contribution < 1.29 is 24.1 Å². The molecule has 1 aliphatic heterocycles. The first-order chi connectivity index (χ1) is 22.3. The molecule has 4 aromatic carbocycles. The van der Waals surface area contributed by atoms with Crippen molar-refractivity contribution in [2.24, 2.45) is 7.05 Å². The van der Waals surface area contributed by atoms with Crippen LogP contribution in [0.5, 0.6) is 23.0 Å². The third kappa shape index (κ3) is 7.73. The Morgan fingerprint density at radius 3 is 2.28 bits per heavy atom. The number of likely N-dealkylation sites (N-methyl/N-ethyl adjacent to an activating group) is 1. The second-order valence-corrected chi connectivity index (χ2v) is 11.9. The Balaban J connectivity index is 1.12. The number of ether oxygens (including phenoxy) is 3. The minimum Gasteiger partial charge on any atom is -0.488 e. The molecular formula is C36H37ClN4O5. The number of hydrogen-bond donors (Lipinski definition) is 1. The van der Waals surface area contributed by atoms with Gasteiger partial charge in [0.1, 0.15) is 42.0 Å². The highest BCUT2D eigenvalue weighted by Gasteiger charge is 2.15. The largest absolute Gasteiger partial charge is 0.488 e. The van der Waals surface area contributed by atoms with E-state index in [9.17, 15) is 9.90 Å². The summed E-state index contributed by atoms with van der Waals surface area (Å²) in [5.74, 6) is 2.58. The number of hydrogen-bond acceptors (Lipinski definition) is 7. The van der Waals surface area contributed by atoms with E-state index in [1.807, 2.05) is 78.3 Å². The summed E-state index contributed by atoms with van der Waals surface area (Å²) in [5, 5.41) is 9.86. The number of fused-ring (bicyclic) bond motifs is 1. The van der Waals surface area contributed by atoms with Crippen LogP contribution < -0.4 is 19.1 Å². The van der Waals surface area contributed by atoms with Crippen molar-refractivity contribution in [3.05, 3.63) is 107 Å². The first kappa shape index (κ1) is 31.3. The number of aliphatic carboxylic acids is 1. The summed E-state index contributed by atoms with van der Waals surface area (Å²) >= 11 is 6.01. The molecule has 5 aromatic rings. The Morgan fingerprint density at radius 1 is 0.826 bits per heavy atom. The first-order valence-electron chi connectivity index (χ1n) is 15.3. The quantitative estimate of drug-likeness (QED) is 0.157. The molecular weight excluding hydrogens is 604 g/mol. The van der Waals surface area contributed by atoms with E-state index < -0.39 is 5.97 Å². The van der Waals surface area contributed by atoms with Crippen molar-refractivity contribution in [2.45, 2.75) is 26.1 Å². The molecule has 238 valence electrons. The molecule has 1 aliphatic rings. The maximum Gasteiger partial charge on any atom is 0.303 e. The molecule has 2 heterocycles. The van der Waals surface area contributed by atoms with Gasteiger partial charge in [-0.05, 0) is 79.2 Å². The predicted octanol–water partition coefficient (Wildman–Crippen LogP) is 6.95. The number of halogens is 1. The van der Waals surface area contributed by atoms with Crippen LogP contribution in [0.2, 0.25) is 5.02 Å². The van der Waals surface area contributed by atoms with Crippen molar-refractivity contribution in [2.75, 3.05) is 38.1 Å². The molecule has 1 aromatic heterocycles. The van der Waals surface area contributed by atoms with E-state index in [4.69, 9.17) is 30.8 Å². The van der Waals surface area contributed by atoms with Crippen molar-refractivity contribution >= 4 is 34.3 Å². The average molecular weight is 641 g/mol. The Hall–Kier alpha value is -4.73. The fraction of sp³-hybridized carbons (Fsp3) is 0.278. The van der Waals surface area contributed by atoms with Gasteiger partial charge in [-0.2, -0.15) is 0 Å². The van der Waals surface area contributed by atoms with Crippen LogP contribution in [-0.4, -0.2) is 58.8 Å². The molecule has 1 N–H and O–H groups in total. The molecule has 0 atom stereocenters. The lowest BCUT2D eigenvalue weighted by Crippen LogP contribution is -2.44. The fourth-order valence-corrected chi connectivity index (χ4v) is 5.56. The van der Waals surface area contributed by atoms with Gasteiger partial charge in [0.05, 0.1) is 11.0 Å². The van der Waals surface area contributed by atoms with E-state index in [0.29, 0.717) is 29.5 Å². The van der Waals surface area contributed by atoms with Crippen LogP contribution in [0.3, 0.4) is 0 Å². The lowest BCUT2D eigenvalue weighted by molar-refractivity contribution is -0.136. The number of carboxylic acids is 1. The molecule has 46 heavy (non-hydrogen) atoms. The van der Waals surface area contributed by atoms with Gasteiger partial charge in [0.25, 0.3) is 0 Å². The number of benzene rings is 4. The number of carbonyl (C=O) groups is 1. The minimum absolute atomic E-state index is 0.00495. The Morgan fingerprint density at radius 2 is 1.54 bits per heavy atom. The molecule has 0 spiro atoms. The van der Waals surface area contributed by atoms with Gasteiger partial charge in [-0.1, -0.05) is 29.8 Å². The summed E-state index contributed by atoms with van der Waals surface area (Å²) in [5.41, 5.74) is 4.73. The highest BCUT2D eigenvalue weighted by molar-refractivity contribution is 6.30. The van der Waals surface area contributed by atoms with Crippen LogP contribution in [0.25, 0.3) is 11.0 Å². The van der Waals surface area contributed by atoms with Gasteiger partial charge in [-0.3, -0.25) is 4.79 Å². The molecule has 0 amide bonds. The van der Waals surface area contributed by atoms with Crippen molar-refractivity contribution in [3.63, 3.8) is 0 Å². The van der Waals surface area contributed by atoms with Gasteiger partial charge < -0.3 is 33.7 Å². The molecule has 0 bridgehead atoms. The van der Waals surface area contributed by atoms with Crippen molar-refractivity contribution in [1.29, 1.82) is 0 Å². The normalized spacial score (nSPS) is 13.6. The lowest BCUT2D eigenvalue weighted by atomic mass is 10.1. The molecule has 0 radical (unpaired) electrons. The number of aryl methyl sites for hydroxylation is 2. The monoisotopic (exact) mass is 640 g/mol. The van der Waals surface area contributed by atoms with Crippen LogP contribution in [0.15, 0.2) is 84.9 Å². The number of nitrogens with zero attached hydrogens (tertiary/aromatic N) is 4. The molecule has 0 unspecified atom stereocenters. The van der Waals surface area contributed by atoms with Gasteiger partial charge in [0, 0.05) is 62.5 Å². The van der Waals surface area contributed by atoms with Crippen LogP contribution in [0.4, 0.5) is 5.69 Å². The SMILES string of the molecule is CN1CCN(c2ccc(Oc3ccc4nc(COc5ccc(CCC(=O)O)c(OCc6ccc(Cl)cc6)c5)n(C)c4c3)cc2)CC1. The fourth-order valence-electron chi connectivity index (χ4n) is 5.43. The van der Waals surface area contributed by atoms with Crippen molar-refractivity contribution in [3.8, 4) is 23.0 Å². The average Bonchev–Trinajstić information content (AvgIpc) is 3.38. The standard InChI is InChI=1S/C36H37ClN4O5/c1-39-17-19-41(20-18-39)28-9-12-29(13-10-28)46-31-14-15-32-33(21-31)40(2)35(38-32)24-44-30-11-5-26(6-16-36(42)43)34(22-30)45-23-25-3-7-27(37)8-4-25/h3-5,7-15,21-22H,6,16-20,23-24H2,1-2H3,(H,42,43). The first-order valence-corrected chi connectivity index (χ1v) is 15.7. The highest BCUT2D eigenvalue weighted by Crippen LogP contribution is 2.30. The van der Waals surface area contributed by atoms with E-state index in [1.54, 1.807) is 6.07 Å². The Bertz CT molecular complexity index is 1800. The summed E-state index contributed by atoms with van der Waals surface area (Å²) in [6.07, 6.45) is 0.353. The van der Waals surface area contributed by atoms with Crippen LogP contribution >= 0.6 is 11.6 Å². The lowest BCUT2D eigenvalue weighted by Gasteiger charge is -2.34. The number of carboxylic acid groups (broad SMARTS) is 1. The van der Waals surface area contributed by atoms with Gasteiger partial charge in [-0.25, -0.2) is 4.98 Å². The summed E-state index contributed by atoms with van der Waals surface area (Å²) < 4.78 is 20.5. The van der Waals surface area contributed by atoms with Gasteiger partial charge in [0.2, 0.25) is 0 Å². The number of anilines is 1. The molecule has 10 heteroatoms. The smallest absolute Gasteiger partial charge is 0.303 e. The number of piperazine rings is 1. The van der Waals surface area contributed by atoms with Crippen LogP contribution in [-0.2, 0) is 31.5 Å².